The summed E-state index contributed by atoms with van der Waals surface area (Å²) < 4.78 is 35.0. The smallest absolute Gasteiger partial charge is 0.285 e. The van der Waals surface area contributed by atoms with Crippen molar-refractivity contribution in [3.8, 4) is 5.75 Å². The van der Waals surface area contributed by atoms with E-state index < -0.39 is 10.0 Å². The quantitative estimate of drug-likeness (QED) is 0.368. The van der Waals surface area contributed by atoms with E-state index in [9.17, 15) is 8.42 Å². The van der Waals surface area contributed by atoms with Gasteiger partial charge in [-0.1, -0.05) is 17.7 Å². The van der Waals surface area contributed by atoms with E-state index in [1.807, 2.05) is 30.5 Å². The molecule has 4 rings (SSSR count). The SMILES string of the molecule is CN(C)C=NS(=O)(=O)c1cc(CN2CCC(Oc3ccc4cnccc4c3)CC2)ccc1Cl. The number of ether oxygens (including phenoxy) is 1. The largest absolute Gasteiger partial charge is 0.490 e. The molecule has 1 aliphatic heterocycles. The van der Waals surface area contributed by atoms with Crippen LogP contribution in [-0.2, 0) is 16.6 Å². The normalized spacial score (nSPS) is 15.8. The first kappa shape index (κ1) is 23.5. The minimum Gasteiger partial charge on any atom is -0.490 e. The first-order valence-electron chi connectivity index (χ1n) is 10.8. The number of hydrogen-bond donors (Lipinski definition) is 0. The molecule has 0 bridgehead atoms. The second-order valence-corrected chi connectivity index (χ2v) is 10.4. The molecule has 7 nitrogen and oxygen atoms in total. The van der Waals surface area contributed by atoms with E-state index in [0.717, 1.165) is 48.0 Å². The zero-order valence-corrected chi connectivity index (χ0v) is 20.3. The molecule has 0 spiro atoms. The summed E-state index contributed by atoms with van der Waals surface area (Å²) in [6.45, 7) is 2.38. The van der Waals surface area contributed by atoms with E-state index in [2.05, 4.69) is 20.3 Å². The maximum Gasteiger partial charge on any atom is 0.285 e. The van der Waals surface area contributed by atoms with Crippen LogP contribution >= 0.6 is 11.6 Å². The molecule has 3 aromatic rings. The summed E-state index contributed by atoms with van der Waals surface area (Å²) in [6.07, 6.45) is 6.85. The Kier molecular flexibility index (Phi) is 7.17. The van der Waals surface area contributed by atoms with Crippen LogP contribution in [0.1, 0.15) is 18.4 Å². The molecule has 33 heavy (non-hydrogen) atoms. The van der Waals surface area contributed by atoms with Crippen molar-refractivity contribution in [1.82, 2.24) is 14.8 Å². The Balaban J connectivity index is 1.36. The minimum atomic E-state index is -3.86. The molecule has 9 heteroatoms. The highest BCUT2D eigenvalue weighted by Gasteiger charge is 2.22. The highest BCUT2D eigenvalue weighted by molar-refractivity contribution is 7.90. The van der Waals surface area contributed by atoms with Gasteiger partial charge in [-0.2, -0.15) is 8.42 Å². The third kappa shape index (κ3) is 6.01. The van der Waals surface area contributed by atoms with Crippen molar-refractivity contribution in [3.63, 3.8) is 0 Å². The average molecular weight is 487 g/mol. The van der Waals surface area contributed by atoms with Crippen molar-refractivity contribution in [2.24, 2.45) is 4.40 Å². The third-order valence-corrected chi connectivity index (χ3v) is 7.25. The van der Waals surface area contributed by atoms with Crippen molar-refractivity contribution in [2.45, 2.75) is 30.4 Å². The zero-order valence-electron chi connectivity index (χ0n) is 18.7. The summed E-state index contributed by atoms with van der Waals surface area (Å²) in [5, 5.41) is 2.38. The number of nitrogens with zero attached hydrogens (tertiary/aromatic N) is 4. The Morgan fingerprint density at radius 2 is 1.94 bits per heavy atom. The molecule has 1 saturated heterocycles. The first-order valence-corrected chi connectivity index (χ1v) is 12.6. The van der Waals surface area contributed by atoms with Gasteiger partial charge in [-0.05, 0) is 60.2 Å². The molecule has 1 aromatic heterocycles. The molecule has 0 atom stereocenters. The van der Waals surface area contributed by atoms with Gasteiger partial charge in [0, 0.05) is 51.5 Å². The predicted molar refractivity (Wildman–Crippen MR) is 131 cm³/mol. The summed E-state index contributed by atoms with van der Waals surface area (Å²) in [6, 6.07) is 13.2. The van der Waals surface area contributed by atoms with Crippen LogP contribution in [0.2, 0.25) is 5.02 Å². The Morgan fingerprint density at radius 3 is 2.70 bits per heavy atom. The highest BCUT2D eigenvalue weighted by Crippen LogP contribution is 2.27. The highest BCUT2D eigenvalue weighted by atomic mass is 35.5. The lowest BCUT2D eigenvalue weighted by Gasteiger charge is -2.32. The summed E-state index contributed by atoms with van der Waals surface area (Å²) >= 11 is 6.17. The van der Waals surface area contributed by atoms with Crippen molar-refractivity contribution >= 4 is 38.7 Å². The van der Waals surface area contributed by atoms with Gasteiger partial charge in [0.05, 0.1) is 5.02 Å². The van der Waals surface area contributed by atoms with Crippen LogP contribution in [0.3, 0.4) is 0 Å². The molecule has 2 heterocycles. The van der Waals surface area contributed by atoms with Crippen molar-refractivity contribution < 1.29 is 13.2 Å². The average Bonchev–Trinajstić information content (AvgIpc) is 2.80. The Bertz CT molecular complexity index is 1260. The Labute approximate surface area is 199 Å². The number of aromatic nitrogens is 1. The van der Waals surface area contributed by atoms with Gasteiger partial charge in [0.15, 0.2) is 0 Å². The molecule has 0 saturated carbocycles. The topological polar surface area (TPSA) is 75.1 Å². The van der Waals surface area contributed by atoms with E-state index >= 15 is 0 Å². The van der Waals surface area contributed by atoms with Crippen LogP contribution in [0.4, 0.5) is 0 Å². The number of pyridine rings is 1. The van der Waals surface area contributed by atoms with E-state index in [-0.39, 0.29) is 16.0 Å². The van der Waals surface area contributed by atoms with Gasteiger partial charge in [0.25, 0.3) is 10.0 Å². The molecule has 0 aliphatic carbocycles. The second kappa shape index (κ2) is 10.1. The van der Waals surface area contributed by atoms with Gasteiger partial charge >= 0.3 is 0 Å². The molecule has 0 amide bonds. The lowest BCUT2D eigenvalue weighted by Crippen LogP contribution is -2.37. The molecule has 1 fully saturated rings. The first-order chi connectivity index (χ1) is 15.8. The fraction of sp³-hybridized carbons (Fsp3) is 0.333. The van der Waals surface area contributed by atoms with Crippen LogP contribution < -0.4 is 4.74 Å². The van der Waals surface area contributed by atoms with Crippen molar-refractivity contribution in [3.05, 3.63) is 65.4 Å². The number of fused-ring (bicyclic) bond motifs is 1. The number of hydrogen-bond acceptors (Lipinski definition) is 5. The number of benzene rings is 2. The maximum atomic E-state index is 12.6. The van der Waals surface area contributed by atoms with Gasteiger partial charge in [-0.25, -0.2) is 0 Å². The number of sulfonamides is 1. The van der Waals surface area contributed by atoms with E-state index in [0.29, 0.717) is 6.54 Å². The van der Waals surface area contributed by atoms with Crippen LogP contribution in [-0.4, -0.2) is 62.8 Å². The van der Waals surface area contributed by atoms with Crippen LogP contribution in [0.25, 0.3) is 10.8 Å². The Morgan fingerprint density at radius 1 is 1.15 bits per heavy atom. The summed E-state index contributed by atoms with van der Waals surface area (Å²) in [5.41, 5.74) is 0.889. The third-order valence-electron chi connectivity index (χ3n) is 5.55. The van der Waals surface area contributed by atoms with Gasteiger partial charge in [0.2, 0.25) is 0 Å². The molecular weight excluding hydrogens is 460 g/mol. The molecule has 174 valence electrons. The lowest BCUT2D eigenvalue weighted by atomic mass is 10.1. The fourth-order valence-corrected chi connectivity index (χ4v) is 5.28. The fourth-order valence-electron chi connectivity index (χ4n) is 3.83. The summed E-state index contributed by atoms with van der Waals surface area (Å²) in [5.74, 6) is 0.873. The number of likely N-dealkylation sites (tertiary alicyclic amines) is 1. The number of rotatable bonds is 7. The van der Waals surface area contributed by atoms with E-state index in [4.69, 9.17) is 16.3 Å². The molecule has 0 N–H and O–H groups in total. The van der Waals surface area contributed by atoms with Gasteiger partial charge in [-0.3, -0.25) is 9.88 Å². The van der Waals surface area contributed by atoms with Crippen molar-refractivity contribution in [2.75, 3.05) is 27.2 Å². The van der Waals surface area contributed by atoms with Gasteiger partial charge < -0.3 is 9.64 Å². The van der Waals surface area contributed by atoms with E-state index in [1.165, 1.54) is 6.34 Å². The summed E-state index contributed by atoms with van der Waals surface area (Å²) in [4.78, 5) is 8.04. The summed E-state index contributed by atoms with van der Waals surface area (Å²) in [7, 11) is -0.435. The van der Waals surface area contributed by atoms with E-state index in [1.54, 1.807) is 37.3 Å². The van der Waals surface area contributed by atoms with Crippen LogP contribution in [0.15, 0.2) is 64.2 Å². The molecule has 0 unspecified atom stereocenters. The van der Waals surface area contributed by atoms with Crippen LogP contribution in [0.5, 0.6) is 5.75 Å². The van der Waals surface area contributed by atoms with Crippen molar-refractivity contribution in [1.29, 1.82) is 0 Å². The van der Waals surface area contributed by atoms with Gasteiger partial charge in [-0.15, -0.1) is 4.40 Å². The molecule has 2 aromatic carbocycles. The van der Waals surface area contributed by atoms with Crippen LogP contribution in [0, 0.1) is 0 Å². The van der Waals surface area contributed by atoms with Gasteiger partial charge in [0.1, 0.15) is 23.1 Å². The molecule has 0 radical (unpaired) electrons. The Hall–Kier alpha value is -2.68. The lowest BCUT2D eigenvalue weighted by molar-refractivity contribution is 0.0969. The zero-order chi connectivity index (χ0) is 23.4. The molecular formula is C24H27ClN4O3S. The number of piperidine rings is 1. The monoisotopic (exact) mass is 486 g/mol. The minimum absolute atomic E-state index is 0.0319. The number of halogens is 1. The standard InChI is InChI=1S/C24H27ClN4O3S/c1-28(2)17-27-33(30,31)24-13-18(3-6-23(24)25)16-29-11-8-21(9-12-29)32-22-5-4-20-15-26-10-7-19(20)14-22/h3-7,10,13-15,17,21H,8-9,11-12,16H2,1-2H3. The maximum absolute atomic E-state index is 12.6. The second-order valence-electron chi connectivity index (χ2n) is 8.40. The molecule has 1 aliphatic rings. The predicted octanol–water partition coefficient (Wildman–Crippen LogP) is 4.21.